The Balaban J connectivity index is 1.56. The van der Waals surface area contributed by atoms with Crippen molar-refractivity contribution in [2.45, 2.75) is 18.9 Å². The van der Waals surface area contributed by atoms with E-state index in [0.29, 0.717) is 6.04 Å². The molecule has 0 aliphatic carbocycles. The summed E-state index contributed by atoms with van der Waals surface area (Å²) in [5, 5.41) is 4.87. The maximum Gasteiger partial charge on any atom is 0.107 e. The Hall–Kier alpha value is -1.39. The van der Waals surface area contributed by atoms with Crippen molar-refractivity contribution in [3.8, 4) is 0 Å². The first kappa shape index (κ1) is 12.4. The molecule has 0 radical (unpaired) electrons. The second kappa shape index (κ2) is 4.86. The van der Waals surface area contributed by atoms with E-state index in [9.17, 15) is 0 Å². The molecule has 20 heavy (non-hydrogen) atoms. The molecule has 0 saturated carbocycles. The Morgan fingerprint density at radius 1 is 1.30 bits per heavy atom. The van der Waals surface area contributed by atoms with Crippen LogP contribution in [-0.4, -0.2) is 34.9 Å². The Morgan fingerprint density at radius 3 is 2.85 bits per heavy atom. The van der Waals surface area contributed by atoms with Crippen molar-refractivity contribution >= 4 is 27.3 Å². The van der Waals surface area contributed by atoms with Crippen LogP contribution in [0, 0.1) is 5.92 Å². The fourth-order valence-corrected chi connectivity index (χ4v) is 4.32. The van der Waals surface area contributed by atoms with Crippen LogP contribution in [-0.2, 0) is 0 Å². The van der Waals surface area contributed by atoms with Gasteiger partial charge in [0.2, 0.25) is 0 Å². The van der Waals surface area contributed by atoms with Gasteiger partial charge in [-0.25, -0.2) is 0 Å². The molecule has 0 amide bonds. The molecule has 104 valence electrons. The smallest absolute Gasteiger partial charge is 0.107 e. The van der Waals surface area contributed by atoms with E-state index in [1.807, 2.05) is 0 Å². The molecular formula is C16H19N3S. The summed E-state index contributed by atoms with van der Waals surface area (Å²) in [4.78, 5) is 2.56. The molecule has 1 aromatic heterocycles. The number of benzene rings is 1. The van der Waals surface area contributed by atoms with Gasteiger partial charge < -0.3 is 10.2 Å². The summed E-state index contributed by atoms with van der Waals surface area (Å²) in [6.07, 6.45) is 2.64. The van der Waals surface area contributed by atoms with Gasteiger partial charge in [0.25, 0.3) is 0 Å². The largest absolute Gasteiger partial charge is 0.379 e. The molecule has 0 spiro atoms. The molecule has 4 heterocycles. The molecule has 1 aromatic carbocycles. The maximum atomic E-state index is 4.59. The second-order valence-electron chi connectivity index (χ2n) is 5.89. The van der Waals surface area contributed by atoms with Crippen LogP contribution >= 0.6 is 11.5 Å². The van der Waals surface area contributed by atoms with Gasteiger partial charge in [0, 0.05) is 18.0 Å². The topological polar surface area (TPSA) is 28.2 Å². The summed E-state index contributed by atoms with van der Waals surface area (Å²) in [7, 11) is 0. The summed E-state index contributed by atoms with van der Waals surface area (Å²) in [6.45, 7) is 7.94. The minimum Gasteiger partial charge on any atom is -0.379 e. The molecule has 5 rings (SSSR count). The van der Waals surface area contributed by atoms with Crippen molar-refractivity contribution in [1.29, 1.82) is 0 Å². The number of hydrogen-bond acceptors (Lipinski definition) is 4. The number of fused-ring (bicyclic) bond motifs is 4. The lowest BCUT2D eigenvalue weighted by Crippen LogP contribution is -2.55. The van der Waals surface area contributed by atoms with Crippen LogP contribution in [0.2, 0.25) is 0 Å². The quantitative estimate of drug-likeness (QED) is 0.940. The standard InChI is InChI=1S/C16H19N3S/c1-11(16-13-4-2-3-5-15(13)20-18-16)17-14-10-19-8-6-12(14)7-9-19/h2-5,12,14,17H,1,6-10H2. The van der Waals surface area contributed by atoms with Gasteiger partial charge in [-0.05, 0) is 49.4 Å². The highest BCUT2D eigenvalue weighted by Crippen LogP contribution is 2.30. The molecule has 1 atom stereocenters. The lowest BCUT2D eigenvalue weighted by atomic mass is 9.84. The summed E-state index contributed by atoms with van der Waals surface area (Å²) in [5.74, 6) is 0.807. The van der Waals surface area contributed by atoms with Gasteiger partial charge in [0.05, 0.1) is 10.4 Å². The van der Waals surface area contributed by atoms with Crippen molar-refractivity contribution in [2.24, 2.45) is 5.92 Å². The van der Waals surface area contributed by atoms with Gasteiger partial charge in [0.1, 0.15) is 5.69 Å². The van der Waals surface area contributed by atoms with E-state index in [1.165, 1.54) is 36.0 Å². The van der Waals surface area contributed by atoms with Crippen LogP contribution in [0.25, 0.3) is 15.8 Å². The highest BCUT2D eigenvalue weighted by Gasteiger charge is 2.34. The normalized spacial score (nSPS) is 28.7. The van der Waals surface area contributed by atoms with E-state index in [-0.39, 0.29) is 0 Å². The highest BCUT2D eigenvalue weighted by atomic mass is 32.1. The van der Waals surface area contributed by atoms with E-state index in [4.69, 9.17) is 0 Å². The lowest BCUT2D eigenvalue weighted by molar-refractivity contribution is 0.0801. The molecule has 3 aliphatic rings. The van der Waals surface area contributed by atoms with Crippen LogP contribution in [0.5, 0.6) is 0 Å². The molecular weight excluding hydrogens is 266 g/mol. The lowest BCUT2D eigenvalue weighted by Gasteiger charge is -2.45. The van der Waals surface area contributed by atoms with Crippen LogP contribution in [0.1, 0.15) is 18.5 Å². The third-order valence-electron chi connectivity index (χ3n) is 4.68. The number of aromatic nitrogens is 1. The first-order chi connectivity index (χ1) is 9.81. The minimum atomic E-state index is 0.547. The van der Waals surface area contributed by atoms with Gasteiger partial charge in [-0.2, -0.15) is 4.37 Å². The molecule has 2 bridgehead atoms. The molecule has 3 saturated heterocycles. The maximum absolute atomic E-state index is 4.59. The summed E-state index contributed by atoms with van der Waals surface area (Å²) in [6, 6.07) is 8.94. The van der Waals surface area contributed by atoms with Crippen LogP contribution < -0.4 is 5.32 Å². The Kier molecular flexibility index (Phi) is 3.00. The fourth-order valence-electron chi connectivity index (χ4n) is 3.52. The number of rotatable bonds is 3. The summed E-state index contributed by atoms with van der Waals surface area (Å²) >= 11 is 1.56. The zero-order chi connectivity index (χ0) is 13.5. The molecule has 3 aliphatic heterocycles. The molecule has 1 unspecified atom stereocenters. The predicted molar refractivity (Wildman–Crippen MR) is 84.7 cm³/mol. The van der Waals surface area contributed by atoms with Crippen molar-refractivity contribution < 1.29 is 0 Å². The molecule has 3 fully saturated rings. The zero-order valence-corrected chi connectivity index (χ0v) is 12.3. The Morgan fingerprint density at radius 2 is 2.10 bits per heavy atom. The zero-order valence-electron chi connectivity index (χ0n) is 11.5. The number of piperidine rings is 3. The van der Waals surface area contributed by atoms with E-state index >= 15 is 0 Å². The molecule has 3 nitrogen and oxygen atoms in total. The van der Waals surface area contributed by atoms with E-state index in [2.05, 4.69) is 45.4 Å². The number of nitrogens with zero attached hydrogens (tertiary/aromatic N) is 2. The van der Waals surface area contributed by atoms with E-state index in [1.54, 1.807) is 11.5 Å². The predicted octanol–water partition coefficient (Wildman–Crippen LogP) is 2.95. The second-order valence-corrected chi connectivity index (χ2v) is 6.70. The van der Waals surface area contributed by atoms with Crippen molar-refractivity contribution in [2.75, 3.05) is 19.6 Å². The average molecular weight is 285 g/mol. The van der Waals surface area contributed by atoms with Gasteiger partial charge >= 0.3 is 0 Å². The first-order valence-corrected chi connectivity index (χ1v) is 8.11. The molecule has 4 heteroatoms. The first-order valence-electron chi connectivity index (χ1n) is 7.34. The Bertz CT molecular complexity index is 640. The monoisotopic (exact) mass is 285 g/mol. The number of nitrogens with one attached hydrogen (secondary N) is 1. The third kappa shape index (κ3) is 2.03. The van der Waals surface area contributed by atoms with E-state index < -0.39 is 0 Å². The SMILES string of the molecule is C=C(NC1CN2CCC1CC2)c1nsc2ccccc12. The van der Waals surface area contributed by atoms with Crippen LogP contribution in [0.3, 0.4) is 0 Å². The van der Waals surface area contributed by atoms with Crippen molar-refractivity contribution in [1.82, 2.24) is 14.6 Å². The third-order valence-corrected chi connectivity index (χ3v) is 5.51. The minimum absolute atomic E-state index is 0.547. The van der Waals surface area contributed by atoms with Crippen LogP contribution in [0.4, 0.5) is 0 Å². The summed E-state index contributed by atoms with van der Waals surface area (Å²) < 4.78 is 5.82. The van der Waals surface area contributed by atoms with E-state index in [0.717, 1.165) is 23.9 Å². The van der Waals surface area contributed by atoms with Crippen molar-refractivity contribution in [3.63, 3.8) is 0 Å². The Labute approximate surface area is 123 Å². The van der Waals surface area contributed by atoms with Gasteiger partial charge in [-0.1, -0.05) is 24.8 Å². The number of hydrogen-bond donors (Lipinski definition) is 1. The van der Waals surface area contributed by atoms with Gasteiger partial charge in [-0.3, -0.25) is 0 Å². The fraction of sp³-hybridized carbons (Fsp3) is 0.438. The van der Waals surface area contributed by atoms with Gasteiger partial charge in [-0.15, -0.1) is 0 Å². The van der Waals surface area contributed by atoms with Crippen molar-refractivity contribution in [3.05, 3.63) is 36.5 Å². The molecule has 1 N–H and O–H groups in total. The van der Waals surface area contributed by atoms with Gasteiger partial charge in [0.15, 0.2) is 0 Å². The molecule has 2 aromatic rings. The highest BCUT2D eigenvalue weighted by molar-refractivity contribution is 7.13. The average Bonchev–Trinajstić information content (AvgIpc) is 2.92. The summed E-state index contributed by atoms with van der Waals surface area (Å²) in [5.41, 5.74) is 2.02. The van der Waals surface area contributed by atoms with Crippen LogP contribution in [0.15, 0.2) is 30.8 Å².